The fourth-order valence-corrected chi connectivity index (χ4v) is 1.34. The maximum absolute atomic E-state index is 12.6. The molecule has 3 N–H and O–H groups in total. The molecule has 7 heteroatoms. The lowest BCUT2D eigenvalue weighted by molar-refractivity contribution is -0.136. The number of hydrogen-bond acceptors (Lipinski definition) is 3. The molecule has 2 amide bonds. The predicted octanol–water partition coefficient (Wildman–Crippen LogP) is 1.37. The van der Waals surface area contributed by atoms with Gasteiger partial charge in [0.1, 0.15) is 11.6 Å². The number of carboxylic acid groups (broad SMARTS) is 1. The number of hydrogen-bond donors (Lipinski definition) is 3. The number of carboxylic acids is 1. The second kappa shape index (κ2) is 8.73. The average Bonchev–Trinajstić information content (AvgIpc) is 2.40. The molecule has 1 aromatic carbocycles. The summed E-state index contributed by atoms with van der Waals surface area (Å²) in [6.45, 7) is 0.883. The van der Waals surface area contributed by atoms with Crippen LogP contribution in [0, 0.1) is 5.82 Å². The molecule has 0 unspecified atom stereocenters. The van der Waals surface area contributed by atoms with Crippen LogP contribution < -0.4 is 15.4 Å². The largest absolute Gasteiger partial charge is 0.494 e. The number of ether oxygens (including phenoxy) is 1. The summed E-state index contributed by atoms with van der Waals surface area (Å²) in [7, 11) is 0. The van der Waals surface area contributed by atoms with Crippen molar-refractivity contribution in [1.29, 1.82) is 0 Å². The van der Waals surface area contributed by atoms with Crippen LogP contribution in [0.1, 0.15) is 12.8 Å². The summed E-state index contributed by atoms with van der Waals surface area (Å²) in [5, 5.41) is 13.4. The number of halogens is 1. The normalized spacial score (nSPS) is 9.85. The zero-order valence-corrected chi connectivity index (χ0v) is 10.9. The van der Waals surface area contributed by atoms with Crippen LogP contribution in [0.15, 0.2) is 24.3 Å². The minimum absolute atomic E-state index is 0.0905. The predicted molar refractivity (Wildman–Crippen MR) is 70.2 cm³/mol. The molecular weight excluding hydrogens is 267 g/mol. The minimum atomic E-state index is -0.960. The molecule has 0 atom stereocenters. The van der Waals surface area contributed by atoms with E-state index in [2.05, 4.69) is 10.6 Å². The first kappa shape index (κ1) is 15.7. The third kappa shape index (κ3) is 7.20. The number of aliphatic carboxylic acids is 1. The zero-order valence-electron chi connectivity index (χ0n) is 10.9. The van der Waals surface area contributed by atoms with Gasteiger partial charge < -0.3 is 20.5 Å². The quantitative estimate of drug-likeness (QED) is 0.629. The SMILES string of the molecule is O=C(O)CCNC(=O)NCCCOc1ccc(F)cc1. The third-order valence-electron chi connectivity index (χ3n) is 2.31. The maximum atomic E-state index is 12.6. The van der Waals surface area contributed by atoms with Crippen LogP contribution in [0.3, 0.4) is 0 Å². The van der Waals surface area contributed by atoms with E-state index in [9.17, 15) is 14.0 Å². The van der Waals surface area contributed by atoms with Gasteiger partial charge in [0.15, 0.2) is 0 Å². The van der Waals surface area contributed by atoms with E-state index in [1.54, 1.807) is 0 Å². The summed E-state index contributed by atoms with van der Waals surface area (Å²) in [5.41, 5.74) is 0. The second-order valence-corrected chi connectivity index (χ2v) is 3.98. The standard InChI is InChI=1S/C13H17FN2O4/c14-10-2-4-11(5-3-10)20-9-1-7-15-13(19)16-8-6-12(17)18/h2-5H,1,6-9H2,(H,17,18)(H2,15,16,19). The zero-order chi connectivity index (χ0) is 14.8. The van der Waals surface area contributed by atoms with Gasteiger partial charge in [-0.1, -0.05) is 0 Å². The Labute approximate surface area is 115 Å². The molecule has 110 valence electrons. The fraction of sp³-hybridized carbons (Fsp3) is 0.385. The molecule has 0 spiro atoms. The molecule has 0 aromatic heterocycles. The number of benzene rings is 1. The molecule has 1 aromatic rings. The van der Waals surface area contributed by atoms with Crippen LogP contribution in [0.4, 0.5) is 9.18 Å². The summed E-state index contributed by atoms with van der Waals surface area (Å²) in [5.74, 6) is -0.715. The van der Waals surface area contributed by atoms with E-state index >= 15 is 0 Å². The van der Waals surface area contributed by atoms with E-state index in [1.807, 2.05) is 0 Å². The van der Waals surface area contributed by atoms with Gasteiger partial charge in [0, 0.05) is 13.1 Å². The Balaban J connectivity index is 2.02. The molecule has 0 bridgehead atoms. The molecule has 1 rings (SSSR count). The Morgan fingerprint density at radius 3 is 2.45 bits per heavy atom. The van der Waals surface area contributed by atoms with Crippen molar-refractivity contribution in [3.05, 3.63) is 30.1 Å². The topological polar surface area (TPSA) is 87.7 Å². The smallest absolute Gasteiger partial charge is 0.314 e. The van der Waals surface area contributed by atoms with Gasteiger partial charge in [0.05, 0.1) is 13.0 Å². The minimum Gasteiger partial charge on any atom is -0.494 e. The molecule has 0 fully saturated rings. The van der Waals surface area contributed by atoms with E-state index < -0.39 is 12.0 Å². The molecule has 0 aliphatic carbocycles. The molecular formula is C13H17FN2O4. The highest BCUT2D eigenvalue weighted by Crippen LogP contribution is 2.10. The summed E-state index contributed by atoms with van der Waals surface area (Å²) >= 11 is 0. The fourth-order valence-electron chi connectivity index (χ4n) is 1.34. The van der Waals surface area contributed by atoms with Crippen molar-refractivity contribution in [2.45, 2.75) is 12.8 Å². The Kier molecular flexibility index (Phi) is 6.88. The van der Waals surface area contributed by atoms with Crippen molar-refractivity contribution >= 4 is 12.0 Å². The Bertz CT molecular complexity index is 437. The number of nitrogens with one attached hydrogen (secondary N) is 2. The molecule has 0 radical (unpaired) electrons. The summed E-state index contributed by atoms with van der Waals surface area (Å²) in [6, 6.07) is 5.27. The lowest BCUT2D eigenvalue weighted by Gasteiger charge is -2.08. The highest BCUT2D eigenvalue weighted by atomic mass is 19.1. The summed E-state index contributed by atoms with van der Waals surface area (Å²) in [4.78, 5) is 21.4. The number of carbonyl (C=O) groups is 2. The van der Waals surface area contributed by atoms with Gasteiger partial charge >= 0.3 is 12.0 Å². The van der Waals surface area contributed by atoms with Crippen molar-refractivity contribution in [1.82, 2.24) is 10.6 Å². The van der Waals surface area contributed by atoms with Gasteiger partial charge in [-0.05, 0) is 30.7 Å². The van der Waals surface area contributed by atoms with Gasteiger partial charge in [-0.3, -0.25) is 4.79 Å². The van der Waals surface area contributed by atoms with Gasteiger partial charge in [-0.25, -0.2) is 9.18 Å². The Morgan fingerprint density at radius 1 is 1.15 bits per heavy atom. The molecule has 20 heavy (non-hydrogen) atoms. The monoisotopic (exact) mass is 284 g/mol. The lowest BCUT2D eigenvalue weighted by atomic mass is 10.3. The van der Waals surface area contributed by atoms with E-state index in [4.69, 9.17) is 9.84 Å². The van der Waals surface area contributed by atoms with Crippen molar-refractivity contribution in [2.75, 3.05) is 19.7 Å². The van der Waals surface area contributed by atoms with Crippen LogP contribution in [-0.2, 0) is 4.79 Å². The van der Waals surface area contributed by atoms with Gasteiger partial charge in [-0.2, -0.15) is 0 Å². The molecule has 0 aliphatic heterocycles. The lowest BCUT2D eigenvalue weighted by Crippen LogP contribution is -2.37. The summed E-state index contributed by atoms with van der Waals surface area (Å²) < 4.78 is 18.0. The van der Waals surface area contributed by atoms with Crippen molar-refractivity contribution in [2.24, 2.45) is 0 Å². The molecule has 0 heterocycles. The number of rotatable bonds is 8. The summed E-state index contributed by atoms with van der Waals surface area (Å²) in [6.07, 6.45) is 0.477. The van der Waals surface area contributed by atoms with Gasteiger partial charge in [0.25, 0.3) is 0 Å². The first-order valence-electron chi connectivity index (χ1n) is 6.20. The van der Waals surface area contributed by atoms with Crippen LogP contribution in [0.5, 0.6) is 5.75 Å². The van der Waals surface area contributed by atoms with Gasteiger partial charge in [0.2, 0.25) is 0 Å². The molecule has 0 aliphatic rings. The van der Waals surface area contributed by atoms with Crippen molar-refractivity contribution in [3.8, 4) is 5.75 Å². The van der Waals surface area contributed by atoms with Crippen molar-refractivity contribution < 1.29 is 23.8 Å². The van der Waals surface area contributed by atoms with Crippen LogP contribution in [0.25, 0.3) is 0 Å². The molecule has 0 saturated heterocycles. The number of carbonyl (C=O) groups excluding carboxylic acids is 1. The van der Waals surface area contributed by atoms with Crippen LogP contribution in [0.2, 0.25) is 0 Å². The highest BCUT2D eigenvalue weighted by Gasteiger charge is 2.01. The van der Waals surface area contributed by atoms with E-state index in [-0.39, 0.29) is 18.8 Å². The first-order chi connectivity index (χ1) is 9.58. The molecule has 0 saturated carbocycles. The second-order valence-electron chi connectivity index (χ2n) is 3.98. The molecule has 6 nitrogen and oxygen atoms in total. The average molecular weight is 284 g/mol. The maximum Gasteiger partial charge on any atom is 0.314 e. The van der Waals surface area contributed by atoms with Gasteiger partial charge in [-0.15, -0.1) is 0 Å². The highest BCUT2D eigenvalue weighted by molar-refractivity contribution is 5.74. The van der Waals surface area contributed by atoms with Crippen LogP contribution >= 0.6 is 0 Å². The Morgan fingerprint density at radius 2 is 1.80 bits per heavy atom. The van der Waals surface area contributed by atoms with E-state index in [1.165, 1.54) is 24.3 Å². The number of urea groups is 1. The Hall–Kier alpha value is -2.31. The number of amides is 2. The van der Waals surface area contributed by atoms with E-state index in [0.29, 0.717) is 25.3 Å². The van der Waals surface area contributed by atoms with Crippen molar-refractivity contribution in [3.63, 3.8) is 0 Å². The first-order valence-corrected chi connectivity index (χ1v) is 6.20. The third-order valence-corrected chi connectivity index (χ3v) is 2.31. The van der Waals surface area contributed by atoms with E-state index in [0.717, 1.165) is 0 Å². The van der Waals surface area contributed by atoms with Crippen LogP contribution in [-0.4, -0.2) is 36.8 Å².